The Hall–Kier alpha value is -4.09. The number of alkyl halides is 3. The first-order chi connectivity index (χ1) is 17.7. The van der Waals surface area contributed by atoms with Gasteiger partial charge in [-0.2, -0.15) is 13.2 Å². The molecular weight excluding hydrogens is 492 g/mol. The largest absolute Gasteiger partial charge is 0.435 e. The van der Waals surface area contributed by atoms with Gasteiger partial charge in [0.25, 0.3) is 0 Å². The third-order valence-corrected chi connectivity index (χ3v) is 6.03. The van der Waals surface area contributed by atoms with Crippen molar-refractivity contribution in [1.82, 2.24) is 19.7 Å². The van der Waals surface area contributed by atoms with Crippen LogP contribution in [0.1, 0.15) is 17.2 Å². The molecule has 0 aliphatic carbocycles. The zero-order chi connectivity index (χ0) is 26.3. The Morgan fingerprint density at radius 3 is 2.46 bits per heavy atom. The second-order valence-corrected chi connectivity index (χ2v) is 8.35. The summed E-state index contributed by atoms with van der Waals surface area (Å²) in [6.07, 6.45) is -4.23. The summed E-state index contributed by atoms with van der Waals surface area (Å²) < 4.78 is 68.9. The van der Waals surface area contributed by atoms with Crippen LogP contribution in [-0.2, 0) is 18.0 Å². The van der Waals surface area contributed by atoms with Crippen molar-refractivity contribution in [2.45, 2.75) is 12.3 Å². The maximum atomic E-state index is 15.0. The number of hydrogen-bond acceptors (Lipinski definition) is 6. The Morgan fingerprint density at radius 1 is 1.05 bits per heavy atom. The van der Waals surface area contributed by atoms with E-state index in [2.05, 4.69) is 15.2 Å². The summed E-state index contributed by atoms with van der Waals surface area (Å²) in [5.74, 6) is -0.446. The highest BCUT2D eigenvalue weighted by Gasteiger charge is 2.36. The van der Waals surface area contributed by atoms with E-state index in [1.807, 2.05) is 24.3 Å². The first kappa shape index (κ1) is 24.6. The van der Waals surface area contributed by atoms with E-state index < -0.39 is 35.9 Å². The van der Waals surface area contributed by atoms with Crippen LogP contribution in [0.15, 0.2) is 65.3 Å². The van der Waals surface area contributed by atoms with Gasteiger partial charge < -0.3 is 18.8 Å². The maximum Gasteiger partial charge on any atom is 0.420 e. The molecule has 5 rings (SSSR count). The lowest BCUT2D eigenvalue weighted by molar-refractivity contribution is -0.137. The van der Waals surface area contributed by atoms with Crippen molar-refractivity contribution in [2.24, 2.45) is 7.05 Å². The number of aliphatic hydroxyl groups excluding tert-OH is 1. The number of benzene rings is 3. The summed E-state index contributed by atoms with van der Waals surface area (Å²) in [5, 5.41) is 17.6. The van der Waals surface area contributed by atoms with Crippen LogP contribution in [0.5, 0.6) is 0 Å². The van der Waals surface area contributed by atoms with Crippen molar-refractivity contribution < 1.29 is 31.8 Å². The quantitative estimate of drug-likeness (QED) is 0.290. The Kier molecular flexibility index (Phi) is 6.26. The molecule has 3 aromatic carbocycles. The molecule has 0 saturated carbocycles. The van der Waals surface area contributed by atoms with Gasteiger partial charge in [0.05, 0.1) is 12.2 Å². The third-order valence-electron chi connectivity index (χ3n) is 6.03. The number of hydrogen-bond donors (Lipinski definition) is 1. The lowest BCUT2D eigenvalue weighted by Gasteiger charge is -2.15. The number of aryl methyl sites for hydroxylation is 1. The molecule has 2 aromatic heterocycles. The van der Waals surface area contributed by atoms with Crippen molar-refractivity contribution in [3.8, 4) is 34.0 Å². The van der Waals surface area contributed by atoms with E-state index in [-0.39, 0.29) is 22.5 Å². The van der Waals surface area contributed by atoms with Gasteiger partial charge in [0.2, 0.25) is 5.89 Å². The summed E-state index contributed by atoms with van der Waals surface area (Å²) >= 11 is 0. The van der Waals surface area contributed by atoms with Gasteiger partial charge in [0.15, 0.2) is 11.4 Å². The molecule has 0 spiro atoms. The van der Waals surface area contributed by atoms with Gasteiger partial charge in [0, 0.05) is 19.7 Å². The molecular formula is C26H20F4N4O3. The first-order valence-corrected chi connectivity index (χ1v) is 11.1. The molecule has 0 amide bonds. The normalized spacial score (nSPS) is 12.8. The lowest BCUT2D eigenvalue weighted by Crippen LogP contribution is -2.10. The minimum Gasteiger partial charge on any atom is -0.435 e. The molecule has 1 N–H and O–H groups in total. The number of rotatable bonds is 6. The van der Waals surface area contributed by atoms with Crippen molar-refractivity contribution in [1.29, 1.82) is 0 Å². The lowest BCUT2D eigenvalue weighted by atomic mass is 9.97. The standard InChI is InChI=1S/C26H20F4N4O3/c1-34-13-31-33-24(34)17-6-4-3-5-16(17)14-7-8-20(27)18(9-14)25-32-21-11-15(22(12-35)36-2)10-19(23(21)37-25)26(28,29)30/h3-11,13,22,35H,12H2,1-2H3. The fraction of sp³-hybridized carbons (Fsp3) is 0.192. The molecule has 1 atom stereocenters. The predicted octanol–water partition coefficient (Wildman–Crippen LogP) is 5.80. The molecule has 1 unspecified atom stereocenters. The number of nitrogens with zero attached hydrogens (tertiary/aromatic N) is 4. The highest BCUT2D eigenvalue weighted by Crippen LogP contribution is 2.40. The number of fused-ring (bicyclic) bond motifs is 1. The van der Waals surface area contributed by atoms with Crippen LogP contribution in [0.25, 0.3) is 45.1 Å². The molecule has 0 radical (unpaired) electrons. The molecule has 0 aliphatic rings. The van der Waals surface area contributed by atoms with Crippen LogP contribution in [-0.4, -0.2) is 38.6 Å². The molecule has 0 fully saturated rings. The molecule has 0 aliphatic heterocycles. The summed E-state index contributed by atoms with van der Waals surface area (Å²) in [6, 6.07) is 13.7. The smallest absolute Gasteiger partial charge is 0.420 e. The number of methoxy groups -OCH3 is 1. The SMILES string of the molecule is COC(CO)c1cc(C(F)(F)F)c2oc(-c3cc(-c4ccccc4-c4nncn4C)ccc3F)nc2c1. The van der Waals surface area contributed by atoms with E-state index in [4.69, 9.17) is 9.15 Å². The van der Waals surface area contributed by atoms with Crippen LogP contribution < -0.4 is 0 Å². The van der Waals surface area contributed by atoms with E-state index in [0.717, 1.165) is 11.6 Å². The molecule has 0 bridgehead atoms. The number of aliphatic hydroxyl groups is 1. The summed E-state index contributed by atoms with van der Waals surface area (Å²) in [6.45, 7) is -0.536. The third kappa shape index (κ3) is 4.47. The molecule has 2 heterocycles. The Balaban J connectivity index is 1.67. The van der Waals surface area contributed by atoms with E-state index in [1.165, 1.54) is 25.3 Å². The summed E-state index contributed by atoms with van der Waals surface area (Å²) in [7, 11) is 3.06. The highest BCUT2D eigenvalue weighted by atomic mass is 19.4. The topological polar surface area (TPSA) is 86.2 Å². The second-order valence-electron chi connectivity index (χ2n) is 8.35. The van der Waals surface area contributed by atoms with Crippen molar-refractivity contribution >= 4 is 11.1 Å². The zero-order valence-electron chi connectivity index (χ0n) is 19.6. The van der Waals surface area contributed by atoms with Crippen LogP contribution in [0.4, 0.5) is 17.6 Å². The Morgan fingerprint density at radius 2 is 1.81 bits per heavy atom. The van der Waals surface area contributed by atoms with Crippen LogP contribution in [0.2, 0.25) is 0 Å². The van der Waals surface area contributed by atoms with Gasteiger partial charge in [-0.1, -0.05) is 30.3 Å². The van der Waals surface area contributed by atoms with Crippen molar-refractivity contribution in [3.05, 3.63) is 77.9 Å². The molecule has 7 nitrogen and oxygen atoms in total. The molecule has 5 aromatic rings. The Bertz CT molecular complexity index is 1590. The summed E-state index contributed by atoms with van der Waals surface area (Å²) in [5.41, 5.74) is 0.199. The van der Waals surface area contributed by atoms with Crippen LogP contribution >= 0.6 is 0 Å². The maximum absolute atomic E-state index is 15.0. The molecule has 37 heavy (non-hydrogen) atoms. The van der Waals surface area contributed by atoms with Gasteiger partial charge in [-0.25, -0.2) is 9.37 Å². The van der Waals surface area contributed by atoms with Gasteiger partial charge in [-0.15, -0.1) is 10.2 Å². The van der Waals surface area contributed by atoms with Crippen molar-refractivity contribution in [2.75, 3.05) is 13.7 Å². The second kappa shape index (κ2) is 9.41. The van der Waals surface area contributed by atoms with E-state index in [0.29, 0.717) is 17.0 Å². The zero-order valence-corrected chi connectivity index (χ0v) is 19.6. The number of oxazole rings is 1. The van der Waals surface area contributed by atoms with Crippen molar-refractivity contribution in [3.63, 3.8) is 0 Å². The Labute approximate surface area is 208 Å². The van der Waals surface area contributed by atoms with E-state index in [1.54, 1.807) is 24.0 Å². The van der Waals surface area contributed by atoms with Crippen LogP contribution in [0, 0.1) is 5.82 Å². The molecule has 190 valence electrons. The predicted molar refractivity (Wildman–Crippen MR) is 127 cm³/mol. The van der Waals surface area contributed by atoms with Gasteiger partial charge in [-0.3, -0.25) is 0 Å². The van der Waals surface area contributed by atoms with Crippen LogP contribution in [0.3, 0.4) is 0 Å². The number of ether oxygens (including phenoxy) is 1. The minimum atomic E-state index is -4.78. The fourth-order valence-corrected chi connectivity index (χ4v) is 4.20. The molecule has 11 heteroatoms. The fourth-order valence-electron chi connectivity index (χ4n) is 4.20. The van der Waals surface area contributed by atoms with E-state index >= 15 is 0 Å². The molecule has 0 saturated heterocycles. The number of aromatic nitrogens is 4. The van der Waals surface area contributed by atoms with Gasteiger partial charge in [-0.05, 0) is 41.0 Å². The highest BCUT2D eigenvalue weighted by molar-refractivity contribution is 5.84. The van der Waals surface area contributed by atoms with E-state index in [9.17, 15) is 22.7 Å². The van der Waals surface area contributed by atoms with Gasteiger partial charge >= 0.3 is 6.18 Å². The average molecular weight is 512 g/mol. The average Bonchev–Trinajstić information content (AvgIpc) is 3.50. The van der Waals surface area contributed by atoms with Gasteiger partial charge in [0.1, 0.15) is 29.3 Å². The number of halogens is 4. The summed E-state index contributed by atoms with van der Waals surface area (Å²) in [4.78, 5) is 4.18. The minimum absolute atomic E-state index is 0.0662. The monoisotopic (exact) mass is 512 g/mol. The first-order valence-electron chi connectivity index (χ1n) is 11.1.